The fraction of sp³-hybridized carbons (Fsp3) is 0.425. The molecule has 3 aromatic carbocycles. The Kier molecular flexibility index (Phi) is 10.2. The van der Waals surface area contributed by atoms with Gasteiger partial charge in [0.25, 0.3) is 0 Å². The summed E-state index contributed by atoms with van der Waals surface area (Å²) in [7, 11) is 0. The summed E-state index contributed by atoms with van der Waals surface area (Å²) in [6.07, 6.45) is 8.52. The number of aliphatic imine (C=N–C) groups is 1. The number of benzene rings is 3. The van der Waals surface area contributed by atoms with E-state index in [0.717, 1.165) is 50.3 Å². The van der Waals surface area contributed by atoms with Gasteiger partial charge in [0.05, 0.1) is 5.71 Å². The number of hydrogen-bond donors (Lipinski definition) is 0. The van der Waals surface area contributed by atoms with E-state index in [1.165, 1.54) is 64.0 Å². The van der Waals surface area contributed by atoms with Crippen LogP contribution < -0.4 is 9.80 Å². The lowest BCUT2D eigenvalue weighted by molar-refractivity contribution is 0.386. The van der Waals surface area contributed by atoms with Crippen LogP contribution in [0.4, 0.5) is 11.4 Å². The van der Waals surface area contributed by atoms with E-state index in [4.69, 9.17) is 4.99 Å². The van der Waals surface area contributed by atoms with E-state index >= 15 is 0 Å². The molecular weight excluding hydrogens is 522 g/mol. The van der Waals surface area contributed by atoms with Crippen molar-refractivity contribution in [2.75, 3.05) is 42.5 Å². The first-order chi connectivity index (χ1) is 21.0. The van der Waals surface area contributed by atoms with E-state index in [2.05, 4.69) is 136 Å². The molecule has 0 aromatic heterocycles. The summed E-state index contributed by atoms with van der Waals surface area (Å²) in [6.45, 7) is 18.6. The van der Waals surface area contributed by atoms with Gasteiger partial charge in [-0.3, -0.25) is 4.99 Å². The minimum atomic E-state index is 0.703. The van der Waals surface area contributed by atoms with Gasteiger partial charge < -0.3 is 9.80 Å². The molecule has 1 saturated carbocycles. The third kappa shape index (κ3) is 6.66. The van der Waals surface area contributed by atoms with Crippen LogP contribution in [0.25, 0.3) is 11.1 Å². The summed E-state index contributed by atoms with van der Waals surface area (Å²) in [4.78, 5) is 10.1. The van der Waals surface area contributed by atoms with Gasteiger partial charge in [-0.25, -0.2) is 0 Å². The number of nitrogens with zero attached hydrogens (tertiary/aromatic N) is 3. The van der Waals surface area contributed by atoms with Crippen LogP contribution in [0.2, 0.25) is 0 Å². The summed E-state index contributed by atoms with van der Waals surface area (Å²) in [5, 5.41) is 0. The molecule has 3 heteroatoms. The Morgan fingerprint density at radius 2 is 1.16 bits per heavy atom. The normalized spacial score (nSPS) is 20.4. The Balaban J connectivity index is 1.60. The minimum absolute atomic E-state index is 0.703. The molecule has 0 aliphatic heterocycles. The standard InChI is InChI=1S/C40H51N3/c1-7-30-26-29(6)27-33(30)28-41-39-25-24-38(36-14-12-13-15-37(36)39)40(31-16-20-34(21-17-31)42(8-2)9-3)32-18-22-35(23-19-32)43(10-4)11-5/h12-25,29-30,33H,7-11,26-28H2,1-6H3. The minimum Gasteiger partial charge on any atom is -0.372 e. The second-order valence-electron chi connectivity index (χ2n) is 12.3. The molecule has 0 spiro atoms. The SMILES string of the molecule is CCC1CC(C)CC1CN=C1C=CC(=C(c2ccc(N(CC)CC)cc2)c2ccc(N(CC)CC)cc2)c2ccccc21. The summed E-state index contributed by atoms with van der Waals surface area (Å²) in [5.41, 5.74) is 11.2. The second kappa shape index (κ2) is 14.3. The van der Waals surface area contributed by atoms with Gasteiger partial charge in [0.1, 0.15) is 0 Å². The lowest BCUT2D eigenvalue weighted by atomic mass is 9.83. The zero-order chi connectivity index (χ0) is 30.3. The van der Waals surface area contributed by atoms with Gasteiger partial charge in [0.2, 0.25) is 0 Å². The highest BCUT2D eigenvalue weighted by molar-refractivity contribution is 6.19. The highest BCUT2D eigenvalue weighted by atomic mass is 15.1. The van der Waals surface area contributed by atoms with E-state index in [1.807, 2.05) is 0 Å². The van der Waals surface area contributed by atoms with Gasteiger partial charge >= 0.3 is 0 Å². The lowest BCUT2D eigenvalue weighted by Gasteiger charge is -2.24. The summed E-state index contributed by atoms with van der Waals surface area (Å²) in [5.74, 6) is 2.33. The second-order valence-corrected chi connectivity index (χ2v) is 12.3. The quantitative estimate of drug-likeness (QED) is 0.227. The van der Waals surface area contributed by atoms with Crippen LogP contribution in [0.3, 0.4) is 0 Å². The van der Waals surface area contributed by atoms with E-state index in [-0.39, 0.29) is 0 Å². The highest BCUT2D eigenvalue weighted by Gasteiger charge is 2.30. The molecule has 0 heterocycles. The number of allylic oxidation sites excluding steroid dienone is 3. The molecule has 3 unspecified atom stereocenters. The first-order valence-electron chi connectivity index (χ1n) is 16.8. The van der Waals surface area contributed by atoms with Gasteiger partial charge in [-0.15, -0.1) is 0 Å². The van der Waals surface area contributed by atoms with Gasteiger partial charge in [0.15, 0.2) is 0 Å². The van der Waals surface area contributed by atoms with E-state index in [9.17, 15) is 0 Å². The molecule has 0 bridgehead atoms. The number of anilines is 2. The molecule has 2 aliphatic carbocycles. The van der Waals surface area contributed by atoms with Crippen LogP contribution in [0, 0.1) is 17.8 Å². The largest absolute Gasteiger partial charge is 0.372 e. The third-order valence-corrected chi connectivity index (χ3v) is 9.84. The predicted octanol–water partition coefficient (Wildman–Crippen LogP) is 9.77. The molecule has 2 aliphatic rings. The summed E-state index contributed by atoms with van der Waals surface area (Å²) in [6, 6.07) is 27.2. The molecule has 0 radical (unpaired) electrons. The first kappa shape index (κ1) is 30.9. The van der Waals surface area contributed by atoms with Crippen LogP contribution in [0.5, 0.6) is 0 Å². The van der Waals surface area contributed by atoms with E-state index < -0.39 is 0 Å². The van der Waals surface area contributed by atoms with Crippen molar-refractivity contribution in [2.45, 2.75) is 60.8 Å². The van der Waals surface area contributed by atoms with Crippen LogP contribution in [0.15, 0.2) is 89.9 Å². The molecule has 226 valence electrons. The molecule has 3 nitrogen and oxygen atoms in total. The topological polar surface area (TPSA) is 18.8 Å². The van der Waals surface area contributed by atoms with Crippen molar-refractivity contribution in [1.29, 1.82) is 0 Å². The molecule has 3 atom stereocenters. The summed E-state index contributed by atoms with van der Waals surface area (Å²) < 4.78 is 0. The molecule has 1 fully saturated rings. The maximum Gasteiger partial charge on any atom is 0.0653 e. The monoisotopic (exact) mass is 573 g/mol. The average molecular weight is 574 g/mol. The smallest absolute Gasteiger partial charge is 0.0653 e. The van der Waals surface area contributed by atoms with Crippen molar-refractivity contribution < 1.29 is 0 Å². The van der Waals surface area contributed by atoms with Crippen molar-refractivity contribution in [3.05, 3.63) is 107 Å². The van der Waals surface area contributed by atoms with Crippen LogP contribution in [0.1, 0.15) is 83.1 Å². The molecular formula is C40H51N3. The third-order valence-electron chi connectivity index (χ3n) is 9.84. The van der Waals surface area contributed by atoms with Crippen molar-refractivity contribution in [3.8, 4) is 0 Å². The maximum atomic E-state index is 5.27. The Morgan fingerprint density at radius 1 is 0.651 bits per heavy atom. The zero-order valence-corrected chi connectivity index (χ0v) is 27.3. The fourth-order valence-electron chi connectivity index (χ4n) is 7.43. The fourth-order valence-corrected chi connectivity index (χ4v) is 7.43. The van der Waals surface area contributed by atoms with Gasteiger partial charge in [0, 0.05) is 49.7 Å². The zero-order valence-electron chi connectivity index (χ0n) is 27.3. The van der Waals surface area contributed by atoms with Crippen molar-refractivity contribution in [2.24, 2.45) is 22.7 Å². The van der Waals surface area contributed by atoms with Crippen molar-refractivity contribution >= 4 is 28.2 Å². The number of fused-ring (bicyclic) bond motifs is 1. The van der Waals surface area contributed by atoms with Gasteiger partial charge in [-0.05, 0) is 116 Å². The Hall–Kier alpha value is -3.59. The Morgan fingerprint density at radius 3 is 1.67 bits per heavy atom. The van der Waals surface area contributed by atoms with Gasteiger partial charge in [-0.1, -0.05) is 74.9 Å². The highest BCUT2D eigenvalue weighted by Crippen LogP contribution is 2.40. The molecule has 5 rings (SSSR count). The molecule has 43 heavy (non-hydrogen) atoms. The van der Waals surface area contributed by atoms with Crippen LogP contribution in [-0.2, 0) is 0 Å². The van der Waals surface area contributed by atoms with Gasteiger partial charge in [-0.2, -0.15) is 0 Å². The molecule has 0 saturated heterocycles. The lowest BCUT2D eigenvalue weighted by Crippen LogP contribution is -2.21. The van der Waals surface area contributed by atoms with Crippen LogP contribution in [-0.4, -0.2) is 38.4 Å². The Bertz CT molecular complexity index is 1380. The Labute approximate surface area is 261 Å². The van der Waals surface area contributed by atoms with E-state index in [0.29, 0.717) is 5.92 Å². The average Bonchev–Trinajstić information content (AvgIpc) is 3.42. The van der Waals surface area contributed by atoms with E-state index in [1.54, 1.807) is 0 Å². The molecule has 3 aromatic rings. The molecule has 0 N–H and O–H groups in total. The maximum absolute atomic E-state index is 5.27. The van der Waals surface area contributed by atoms with Crippen molar-refractivity contribution in [1.82, 2.24) is 0 Å². The van der Waals surface area contributed by atoms with Crippen molar-refractivity contribution in [3.63, 3.8) is 0 Å². The first-order valence-corrected chi connectivity index (χ1v) is 16.8. The molecule has 0 amide bonds. The van der Waals surface area contributed by atoms with Crippen LogP contribution >= 0.6 is 0 Å². The number of rotatable bonds is 11. The number of hydrogen-bond acceptors (Lipinski definition) is 3. The summed E-state index contributed by atoms with van der Waals surface area (Å²) >= 11 is 0. The predicted molar refractivity (Wildman–Crippen MR) is 189 cm³/mol.